The van der Waals surface area contributed by atoms with Crippen LogP contribution in [-0.4, -0.2) is 11.9 Å². The van der Waals surface area contributed by atoms with Gasteiger partial charge in [0.1, 0.15) is 0 Å². The molecule has 3 nitrogen and oxygen atoms in total. The van der Waals surface area contributed by atoms with Crippen molar-refractivity contribution in [3.63, 3.8) is 0 Å². The molecule has 1 aromatic carbocycles. The Balaban J connectivity index is 2.65. The minimum absolute atomic E-state index is 0.198. The molecular formula is C13H19BrN2O. The molecule has 0 spiro atoms. The van der Waals surface area contributed by atoms with Crippen molar-refractivity contribution in [3.05, 3.63) is 33.8 Å². The first-order chi connectivity index (χ1) is 7.91. The Hall–Kier alpha value is -0.870. The Bertz CT molecular complexity index is 404. The molecule has 1 amide bonds. The Morgan fingerprint density at radius 1 is 1.47 bits per heavy atom. The van der Waals surface area contributed by atoms with Gasteiger partial charge in [-0.1, -0.05) is 41.9 Å². The van der Waals surface area contributed by atoms with Crippen molar-refractivity contribution in [2.45, 2.75) is 33.4 Å². The molecule has 94 valence electrons. The number of halogens is 1. The van der Waals surface area contributed by atoms with E-state index in [0.717, 1.165) is 10.0 Å². The first-order valence-electron chi connectivity index (χ1n) is 5.69. The third-order valence-electron chi connectivity index (χ3n) is 2.72. The molecular weight excluding hydrogens is 280 g/mol. The van der Waals surface area contributed by atoms with Gasteiger partial charge in [-0.3, -0.25) is 4.79 Å². The number of primary amides is 1. The lowest BCUT2D eigenvalue weighted by Gasteiger charge is -2.19. The van der Waals surface area contributed by atoms with Crippen LogP contribution in [0.2, 0.25) is 0 Å². The second kappa shape index (κ2) is 6.17. The van der Waals surface area contributed by atoms with Gasteiger partial charge in [0.15, 0.2) is 0 Å². The number of carbonyl (C=O) groups is 1. The van der Waals surface area contributed by atoms with E-state index in [1.54, 1.807) is 0 Å². The highest BCUT2D eigenvalue weighted by Gasteiger charge is 2.18. The second-order valence-electron chi connectivity index (χ2n) is 4.59. The molecule has 0 aliphatic rings. The molecule has 0 heterocycles. The van der Waals surface area contributed by atoms with Crippen molar-refractivity contribution in [1.29, 1.82) is 0 Å². The summed E-state index contributed by atoms with van der Waals surface area (Å²) >= 11 is 3.46. The van der Waals surface area contributed by atoms with Crippen LogP contribution in [0.3, 0.4) is 0 Å². The maximum absolute atomic E-state index is 11.2. The maximum atomic E-state index is 11.2. The van der Waals surface area contributed by atoms with Crippen molar-refractivity contribution >= 4 is 21.8 Å². The number of nitrogens with two attached hydrogens (primary N) is 1. The van der Waals surface area contributed by atoms with Crippen molar-refractivity contribution in [1.82, 2.24) is 5.32 Å². The van der Waals surface area contributed by atoms with Gasteiger partial charge >= 0.3 is 0 Å². The number of amides is 1. The molecule has 1 rings (SSSR count). The lowest BCUT2D eigenvalue weighted by molar-refractivity contribution is -0.121. The molecule has 0 aromatic heterocycles. The zero-order chi connectivity index (χ0) is 13.0. The SMILES string of the molecule is Cc1cc(CNC(C(N)=O)C(C)C)ccc1Br. The van der Waals surface area contributed by atoms with Crippen molar-refractivity contribution in [2.75, 3.05) is 0 Å². The minimum Gasteiger partial charge on any atom is -0.368 e. The summed E-state index contributed by atoms with van der Waals surface area (Å²) in [5, 5.41) is 3.19. The van der Waals surface area contributed by atoms with Crippen LogP contribution in [0.5, 0.6) is 0 Å². The van der Waals surface area contributed by atoms with Crippen molar-refractivity contribution < 1.29 is 4.79 Å². The van der Waals surface area contributed by atoms with Crippen LogP contribution in [-0.2, 0) is 11.3 Å². The molecule has 0 saturated carbocycles. The number of hydrogen-bond acceptors (Lipinski definition) is 2. The summed E-state index contributed by atoms with van der Waals surface area (Å²) in [5.74, 6) is -0.0992. The first kappa shape index (κ1) is 14.2. The van der Waals surface area contributed by atoms with Gasteiger partial charge < -0.3 is 11.1 Å². The Morgan fingerprint density at radius 2 is 2.12 bits per heavy atom. The number of nitrogens with one attached hydrogen (secondary N) is 1. The molecule has 3 N–H and O–H groups in total. The van der Waals surface area contributed by atoms with Crippen LogP contribution in [0.25, 0.3) is 0 Å². The number of benzene rings is 1. The Morgan fingerprint density at radius 3 is 2.59 bits per heavy atom. The third-order valence-corrected chi connectivity index (χ3v) is 3.61. The van der Waals surface area contributed by atoms with Gasteiger partial charge in [0.05, 0.1) is 6.04 Å². The van der Waals surface area contributed by atoms with Gasteiger partial charge in [-0.15, -0.1) is 0 Å². The summed E-state index contributed by atoms with van der Waals surface area (Å²) < 4.78 is 1.09. The number of aryl methyl sites for hydroxylation is 1. The zero-order valence-electron chi connectivity index (χ0n) is 10.5. The molecule has 0 aliphatic heterocycles. The lowest BCUT2D eigenvalue weighted by atomic mass is 10.0. The molecule has 4 heteroatoms. The predicted octanol–water partition coefficient (Wildman–Crippen LogP) is 2.36. The smallest absolute Gasteiger partial charge is 0.234 e. The molecule has 0 bridgehead atoms. The highest BCUT2D eigenvalue weighted by molar-refractivity contribution is 9.10. The topological polar surface area (TPSA) is 55.1 Å². The van der Waals surface area contributed by atoms with Gasteiger partial charge in [0.2, 0.25) is 5.91 Å². The minimum atomic E-state index is -0.297. The monoisotopic (exact) mass is 298 g/mol. The second-order valence-corrected chi connectivity index (χ2v) is 5.44. The molecule has 0 saturated heterocycles. The summed E-state index contributed by atoms with van der Waals surface area (Å²) in [6.45, 7) is 6.66. The summed E-state index contributed by atoms with van der Waals surface area (Å²) in [4.78, 5) is 11.2. The maximum Gasteiger partial charge on any atom is 0.234 e. The van der Waals surface area contributed by atoms with Crippen molar-refractivity contribution in [2.24, 2.45) is 11.7 Å². The molecule has 0 radical (unpaired) electrons. The van der Waals surface area contributed by atoms with Crippen LogP contribution in [0.1, 0.15) is 25.0 Å². The first-order valence-corrected chi connectivity index (χ1v) is 6.49. The summed E-state index contributed by atoms with van der Waals surface area (Å²) in [6.07, 6.45) is 0. The molecule has 17 heavy (non-hydrogen) atoms. The number of rotatable bonds is 5. The highest BCUT2D eigenvalue weighted by atomic mass is 79.9. The fourth-order valence-electron chi connectivity index (χ4n) is 1.71. The van der Waals surface area contributed by atoms with E-state index in [9.17, 15) is 4.79 Å². The van der Waals surface area contributed by atoms with Gasteiger partial charge in [-0.05, 0) is 30.0 Å². The summed E-state index contributed by atoms with van der Waals surface area (Å²) in [6, 6.07) is 5.86. The van der Waals surface area contributed by atoms with E-state index in [4.69, 9.17) is 5.73 Å². The average Bonchev–Trinajstić information content (AvgIpc) is 2.22. The fraction of sp³-hybridized carbons (Fsp3) is 0.462. The molecule has 1 atom stereocenters. The van der Waals surface area contributed by atoms with Crippen LogP contribution >= 0.6 is 15.9 Å². The van der Waals surface area contributed by atoms with Crippen molar-refractivity contribution in [3.8, 4) is 0 Å². The number of carbonyl (C=O) groups excluding carboxylic acids is 1. The largest absolute Gasteiger partial charge is 0.368 e. The van der Waals surface area contributed by atoms with Gasteiger partial charge in [-0.25, -0.2) is 0 Å². The van der Waals surface area contributed by atoms with Gasteiger partial charge in [0.25, 0.3) is 0 Å². The van der Waals surface area contributed by atoms with E-state index < -0.39 is 0 Å². The molecule has 0 fully saturated rings. The van der Waals surface area contributed by atoms with Crippen LogP contribution < -0.4 is 11.1 Å². The van der Waals surface area contributed by atoms with Crippen LogP contribution in [0.15, 0.2) is 22.7 Å². The standard InChI is InChI=1S/C13H19BrN2O/c1-8(2)12(13(15)17)16-7-10-4-5-11(14)9(3)6-10/h4-6,8,12,16H,7H2,1-3H3,(H2,15,17). The Labute approximate surface area is 111 Å². The fourth-order valence-corrected chi connectivity index (χ4v) is 1.96. The van der Waals surface area contributed by atoms with Crippen LogP contribution in [0.4, 0.5) is 0 Å². The average molecular weight is 299 g/mol. The summed E-state index contributed by atoms with van der Waals surface area (Å²) in [7, 11) is 0. The van der Waals surface area contributed by atoms with E-state index in [0.29, 0.717) is 6.54 Å². The number of hydrogen-bond donors (Lipinski definition) is 2. The zero-order valence-corrected chi connectivity index (χ0v) is 12.0. The van der Waals surface area contributed by atoms with Gasteiger partial charge in [-0.2, -0.15) is 0 Å². The van der Waals surface area contributed by atoms with E-state index in [1.165, 1.54) is 5.56 Å². The Kier molecular flexibility index (Phi) is 5.15. The highest BCUT2D eigenvalue weighted by Crippen LogP contribution is 2.17. The predicted molar refractivity (Wildman–Crippen MR) is 73.5 cm³/mol. The van der Waals surface area contributed by atoms with E-state index in [2.05, 4.69) is 27.3 Å². The summed E-state index contributed by atoms with van der Waals surface area (Å²) in [5.41, 5.74) is 7.68. The lowest BCUT2D eigenvalue weighted by Crippen LogP contribution is -2.44. The quantitative estimate of drug-likeness (QED) is 0.877. The van der Waals surface area contributed by atoms with Crippen LogP contribution in [0, 0.1) is 12.8 Å². The van der Waals surface area contributed by atoms with E-state index in [-0.39, 0.29) is 17.9 Å². The molecule has 0 aliphatic carbocycles. The van der Waals surface area contributed by atoms with Gasteiger partial charge in [0, 0.05) is 11.0 Å². The van der Waals surface area contributed by atoms with E-state index >= 15 is 0 Å². The molecule has 1 aromatic rings. The third kappa shape index (κ3) is 4.13. The normalized spacial score (nSPS) is 12.8. The molecule has 1 unspecified atom stereocenters. The van der Waals surface area contributed by atoms with E-state index in [1.807, 2.05) is 32.9 Å².